The highest BCUT2D eigenvalue weighted by Gasteiger charge is 2.42. The molecule has 0 aromatic carbocycles. The topological polar surface area (TPSA) is 122 Å². The molecule has 1 unspecified atom stereocenters. The zero-order chi connectivity index (χ0) is 17.9. The first kappa shape index (κ1) is 19.9. The summed E-state index contributed by atoms with van der Waals surface area (Å²) < 4.78 is 30.4. The van der Waals surface area contributed by atoms with E-state index in [1.165, 1.54) is 0 Å². The highest BCUT2D eigenvalue weighted by molar-refractivity contribution is 7.88. The van der Waals surface area contributed by atoms with Gasteiger partial charge in [-0.05, 0) is 18.3 Å². The number of carbonyl (C=O) groups excluding carboxylic acids is 1. The minimum Gasteiger partial charge on any atom is -0.481 e. The number of nitrogens with one attached hydrogen (secondary N) is 2. The van der Waals surface area contributed by atoms with Crippen LogP contribution in [0.4, 0.5) is 0 Å². The number of hydrogen-bond donors (Lipinski definition) is 3. The Balaban J connectivity index is 2.84. The smallest absolute Gasteiger partial charge is 0.311 e. The van der Waals surface area contributed by atoms with Crippen molar-refractivity contribution in [2.45, 2.75) is 39.7 Å². The van der Waals surface area contributed by atoms with Crippen LogP contribution in [0.5, 0.6) is 0 Å². The second kappa shape index (κ2) is 7.14. The maximum Gasteiger partial charge on any atom is 0.311 e. The van der Waals surface area contributed by atoms with Gasteiger partial charge in [-0.1, -0.05) is 20.8 Å². The van der Waals surface area contributed by atoms with Gasteiger partial charge in [-0.3, -0.25) is 9.59 Å². The van der Waals surface area contributed by atoms with Gasteiger partial charge in [-0.25, -0.2) is 13.1 Å². The Morgan fingerprint density at radius 3 is 2.17 bits per heavy atom. The summed E-state index contributed by atoms with van der Waals surface area (Å²) in [7, 11) is -3.57. The van der Waals surface area contributed by atoms with E-state index in [0.29, 0.717) is 26.1 Å². The van der Waals surface area contributed by atoms with Gasteiger partial charge in [0.25, 0.3) is 0 Å². The molecule has 1 atom stereocenters. The molecule has 134 valence electrons. The number of sulfonamides is 1. The maximum absolute atomic E-state index is 12.4. The predicted molar refractivity (Wildman–Crippen MR) is 84.4 cm³/mol. The van der Waals surface area contributed by atoms with Gasteiger partial charge in [0.05, 0.1) is 11.7 Å². The van der Waals surface area contributed by atoms with Crippen LogP contribution in [0.15, 0.2) is 0 Å². The third-order valence-corrected chi connectivity index (χ3v) is 4.63. The fraction of sp³-hybridized carbons (Fsp3) is 0.857. The maximum atomic E-state index is 12.4. The molecule has 0 aromatic rings. The quantitative estimate of drug-likeness (QED) is 0.617. The fourth-order valence-electron chi connectivity index (χ4n) is 2.42. The van der Waals surface area contributed by atoms with Crippen LogP contribution >= 0.6 is 0 Å². The molecular weight excluding hydrogens is 324 g/mol. The molecule has 0 saturated carbocycles. The molecule has 23 heavy (non-hydrogen) atoms. The summed E-state index contributed by atoms with van der Waals surface area (Å²) in [6.07, 6.45) is 1.60. The molecule has 0 bridgehead atoms. The summed E-state index contributed by atoms with van der Waals surface area (Å²) >= 11 is 0. The second-order valence-corrected chi connectivity index (χ2v) is 8.88. The third kappa shape index (κ3) is 5.74. The lowest BCUT2D eigenvalue weighted by molar-refractivity contribution is -0.154. The molecule has 0 aromatic heterocycles. The average molecular weight is 350 g/mol. The fourth-order valence-corrected chi connectivity index (χ4v) is 3.31. The van der Waals surface area contributed by atoms with E-state index in [0.717, 1.165) is 6.26 Å². The minimum absolute atomic E-state index is 0.0530. The monoisotopic (exact) mass is 350 g/mol. The van der Waals surface area contributed by atoms with Crippen LogP contribution in [0.25, 0.3) is 0 Å². The van der Waals surface area contributed by atoms with E-state index in [1.807, 2.05) is 0 Å². The van der Waals surface area contributed by atoms with E-state index in [9.17, 15) is 23.1 Å². The average Bonchev–Trinajstić information content (AvgIpc) is 2.41. The summed E-state index contributed by atoms with van der Waals surface area (Å²) in [6.45, 7) is 5.80. The minimum atomic E-state index is -3.57. The van der Waals surface area contributed by atoms with E-state index in [2.05, 4.69) is 10.0 Å². The van der Waals surface area contributed by atoms with Gasteiger partial charge in [0.1, 0.15) is 6.04 Å². The zero-order valence-corrected chi connectivity index (χ0v) is 14.8. The molecule has 3 N–H and O–H groups in total. The molecule has 0 aliphatic carbocycles. The summed E-state index contributed by atoms with van der Waals surface area (Å²) in [6, 6.07) is -0.983. The summed E-state index contributed by atoms with van der Waals surface area (Å²) in [5.74, 6) is -1.51. The van der Waals surface area contributed by atoms with Crippen LogP contribution in [0.1, 0.15) is 33.6 Å². The van der Waals surface area contributed by atoms with Crippen LogP contribution in [0, 0.1) is 10.8 Å². The molecule has 1 aliphatic heterocycles. The van der Waals surface area contributed by atoms with Gasteiger partial charge in [0, 0.05) is 19.8 Å². The number of carboxylic acids is 1. The number of ether oxygens (including phenoxy) is 1. The molecule has 8 nitrogen and oxygen atoms in total. The standard InChI is InChI=1S/C14H26N2O6S/c1-13(2,3)10(16-23(4,20)21)11(17)15-9-14(12(18)19)5-7-22-8-6-14/h10,16H,5-9H2,1-4H3,(H,15,17)(H,18,19). The van der Waals surface area contributed by atoms with Crippen molar-refractivity contribution >= 4 is 21.9 Å². The SMILES string of the molecule is CC(C)(C)C(NS(C)(=O)=O)C(=O)NCC1(C(=O)O)CCOCC1. The zero-order valence-electron chi connectivity index (χ0n) is 14.0. The highest BCUT2D eigenvalue weighted by Crippen LogP contribution is 2.30. The van der Waals surface area contributed by atoms with E-state index in [1.54, 1.807) is 20.8 Å². The van der Waals surface area contributed by atoms with Gasteiger partial charge in [-0.15, -0.1) is 0 Å². The lowest BCUT2D eigenvalue weighted by Gasteiger charge is -2.35. The Morgan fingerprint density at radius 1 is 1.26 bits per heavy atom. The van der Waals surface area contributed by atoms with Crippen molar-refractivity contribution in [1.82, 2.24) is 10.0 Å². The molecular formula is C14H26N2O6S. The number of carboxylic acid groups (broad SMARTS) is 1. The Morgan fingerprint density at radius 2 is 1.78 bits per heavy atom. The normalized spacial score (nSPS) is 19.8. The van der Waals surface area contributed by atoms with Gasteiger partial charge in [-0.2, -0.15) is 0 Å². The first-order chi connectivity index (χ1) is 10.4. The van der Waals surface area contributed by atoms with Crippen molar-refractivity contribution in [3.63, 3.8) is 0 Å². The van der Waals surface area contributed by atoms with Crippen LogP contribution in [-0.4, -0.2) is 57.5 Å². The molecule has 1 saturated heterocycles. The van der Waals surface area contributed by atoms with E-state index in [4.69, 9.17) is 4.74 Å². The Labute approximate surface area is 137 Å². The first-order valence-corrected chi connectivity index (χ1v) is 9.33. The van der Waals surface area contributed by atoms with Crippen LogP contribution < -0.4 is 10.0 Å². The first-order valence-electron chi connectivity index (χ1n) is 7.44. The van der Waals surface area contributed by atoms with Crippen LogP contribution in [0.3, 0.4) is 0 Å². The number of hydrogen-bond acceptors (Lipinski definition) is 5. The van der Waals surface area contributed by atoms with E-state index >= 15 is 0 Å². The van der Waals surface area contributed by atoms with Gasteiger partial charge in [0.2, 0.25) is 15.9 Å². The second-order valence-electron chi connectivity index (χ2n) is 7.10. The number of aliphatic carboxylic acids is 1. The predicted octanol–water partition coefficient (Wildman–Crippen LogP) is -0.0521. The molecule has 0 radical (unpaired) electrons. The molecule has 1 heterocycles. The van der Waals surface area contributed by atoms with Crippen LogP contribution in [0.2, 0.25) is 0 Å². The molecule has 9 heteroatoms. The van der Waals surface area contributed by atoms with Crippen LogP contribution in [-0.2, 0) is 24.3 Å². The Hall–Kier alpha value is -1.19. The number of amides is 1. The Bertz CT molecular complexity index is 546. The molecule has 1 fully saturated rings. The largest absolute Gasteiger partial charge is 0.481 e. The van der Waals surface area contributed by atoms with E-state index < -0.39 is 38.8 Å². The lowest BCUT2D eigenvalue weighted by atomic mass is 9.80. The van der Waals surface area contributed by atoms with Crippen molar-refractivity contribution in [2.75, 3.05) is 26.0 Å². The highest BCUT2D eigenvalue weighted by atomic mass is 32.2. The number of rotatable bonds is 6. The van der Waals surface area contributed by atoms with Crippen molar-refractivity contribution in [1.29, 1.82) is 0 Å². The molecule has 0 spiro atoms. The van der Waals surface area contributed by atoms with Crippen molar-refractivity contribution in [3.8, 4) is 0 Å². The van der Waals surface area contributed by atoms with E-state index in [-0.39, 0.29) is 6.54 Å². The lowest BCUT2D eigenvalue weighted by Crippen LogP contribution is -2.56. The summed E-state index contributed by atoms with van der Waals surface area (Å²) in [4.78, 5) is 24.0. The third-order valence-electron chi connectivity index (χ3n) is 3.96. The molecule has 1 aliphatic rings. The molecule has 1 rings (SSSR count). The van der Waals surface area contributed by atoms with Crippen molar-refractivity contribution in [2.24, 2.45) is 10.8 Å². The van der Waals surface area contributed by atoms with Gasteiger partial charge < -0.3 is 15.2 Å². The van der Waals surface area contributed by atoms with Crippen molar-refractivity contribution in [3.05, 3.63) is 0 Å². The summed E-state index contributed by atoms with van der Waals surface area (Å²) in [5.41, 5.74) is -1.72. The van der Waals surface area contributed by atoms with Crippen molar-refractivity contribution < 1.29 is 27.9 Å². The van der Waals surface area contributed by atoms with Gasteiger partial charge in [0.15, 0.2) is 0 Å². The Kier molecular flexibility index (Phi) is 6.17. The van der Waals surface area contributed by atoms with Gasteiger partial charge >= 0.3 is 5.97 Å². The molecule has 1 amide bonds. The number of carbonyl (C=O) groups is 2. The summed E-state index contributed by atoms with van der Waals surface area (Å²) in [5, 5.41) is 12.1.